The number of hydrogen-bond donors (Lipinski definition) is 0. The summed E-state index contributed by atoms with van der Waals surface area (Å²) in [6, 6.07) is 9.28. The van der Waals surface area contributed by atoms with Gasteiger partial charge in [0, 0.05) is 5.02 Å². The Bertz CT molecular complexity index is 1420. The molecular weight excluding hydrogens is 466 g/mol. The molecule has 1 amide bonds. The van der Waals surface area contributed by atoms with Crippen LogP contribution in [0.1, 0.15) is 41.1 Å². The first-order chi connectivity index (χ1) is 16.0. The standard InChI is InChI=1S/C23H18ClN3O5S/c1-3-8-31-16-6-4-12(9-17(16)30-2)19-18-20(28)14-10-13(24)5-7-15(14)32-21(18)22(29)27(19)23-26-25-11-33-23/h4-7,9-11,19H,3,8H2,1-2H3/t19-/m1/s1. The van der Waals surface area contributed by atoms with Crippen LogP contribution in [0.2, 0.25) is 5.02 Å². The zero-order valence-electron chi connectivity index (χ0n) is 17.7. The third-order valence-electron chi connectivity index (χ3n) is 5.35. The highest BCUT2D eigenvalue weighted by Gasteiger charge is 2.45. The number of fused-ring (bicyclic) bond motifs is 2. The first-order valence-corrected chi connectivity index (χ1v) is 11.5. The van der Waals surface area contributed by atoms with Gasteiger partial charge in [-0.2, -0.15) is 0 Å². The van der Waals surface area contributed by atoms with Gasteiger partial charge in [0.15, 0.2) is 16.9 Å². The number of rotatable bonds is 6. The van der Waals surface area contributed by atoms with E-state index < -0.39 is 11.9 Å². The van der Waals surface area contributed by atoms with Crippen molar-refractivity contribution < 1.29 is 18.7 Å². The lowest BCUT2D eigenvalue weighted by Gasteiger charge is -2.23. The van der Waals surface area contributed by atoms with Crippen LogP contribution in [0.15, 0.2) is 51.1 Å². The fourth-order valence-electron chi connectivity index (χ4n) is 3.92. The molecule has 2 aromatic heterocycles. The Morgan fingerprint density at radius 2 is 2.03 bits per heavy atom. The molecule has 33 heavy (non-hydrogen) atoms. The van der Waals surface area contributed by atoms with Crippen LogP contribution < -0.4 is 19.8 Å². The van der Waals surface area contributed by atoms with Crippen LogP contribution in [-0.2, 0) is 0 Å². The van der Waals surface area contributed by atoms with Gasteiger partial charge in [-0.25, -0.2) is 0 Å². The van der Waals surface area contributed by atoms with Crippen LogP contribution >= 0.6 is 22.9 Å². The lowest BCUT2D eigenvalue weighted by molar-refractivity contribution is 0.0970. The monoisotopic (exact) mass is 483 g/mol. The van der Waals surface area contributed by atoms with E-state index in [0.29, 0.717) is 39.2 Å². The van der Waals surface area contributed by atoms with E-state index in [4.69, 9.17) is 25.5 Å². The predicted molar refractivity (Wildman–Crippen MR) is 125 cm³/mol. The number of carbonyl (C=O) groups excluding carboxylic acids is 1. The number of amides is 1. The van der Waals surface area contributed by atoms with Gasteiger partial charge in [-0.05, 0) is 42.3 Å². The van der Waals surface area contributed by atoms with Crippen molar-refractivity contribution in [2.45, 2.75) is 19.4 Å². The molecule has 0 fully saturated rings. The first-order valence-electron chi connectivity index (χ1n) is 10.2. The zero-order chi connectivity index (χ0) is 23.1. The molecule has 1 aliphatic heterocycles. The highest BCUT2D eigenvalue weighted by molar-refractivity contribution is 7.13. The second-order valence-corrected chi connectivity index (χ2v) is 8.62. The van der Waals surface area contributed by atoms with Crippen LogP contribution in [0.3, 0.4) is 0 Å². The normalized spacial score (nSPS) is 15.2. The Kier molecular flexibility index (Phi) is 5.51. The van der Waals surface area contributed by atoms with Crippen molar-refractivity contribution in [2.75, 3.05) is 18.6 Å². The number of halogens is 1. The van der Waals surface area contributed by atoms with Crippen molar-refractivity contribution in [3.63, 3.8) is 0 Å². The maximum atomic E-state index is 13.6. The smallest absolute Gasteiger partial charge is 0.297 e. The minimum absolute atomic E-state index is 0.0275. The Hall–Kier alpha value is -3.43. The molecule has 0 spiro atoms. The molecule has 3 heterocycles. The summed E-state index contributed by atoms with van der Waals surface area (Å²) in [7, 11) is 1.54. The van der Waals surface area contributed by atoms with Gasteiger partial charge in [-0.3, -0.25) is 14.5 Å². The average Bonchev–Trinajstić information content (AvgIpc) is 3.45. The van der Waals surface area contributed by atoms with E-state index in [1.54, 1.807) is 36.4 Å². The van der Waals surface area contributed by atoms with Gasteiger partial charge in [0.25, 0.3) is 5.91 Å². The van der Waals surface area contributed by atoms with Crippen LogP contribution in [0.5, 0.6) is 11.5 Å². The number of aromatic nitrogens is 2. The van der Waals surface area contributed by atoms with Crippen molar-refractivity contribution >= 4 is 44.9 Å². The van der Waals surface area contributed by atoms with E-state index in [1.165, 1.54) is 28.9 Å². The summed E-state index contributed by atoms with van der Waals surface area (Å²) in [5.74, 6) is 0.575. The summed E-state index contributed by atoms with van der Waals surface area (Å²) < 4.78 is 17.2. The summed E-state index contributed by atoms with van der Waals surface area (Å²) in [4.78, 5) is 28.5. The molecule has 0 radical (unpaired) electrons. The summed E-state index contributed by atoms with van der Waals surface area (Å²) >= 11 is 7.32. The number of nitrogens with zero attached hydrogens (tertiary/aromatic N) is 3. The molecule has 0 unspecified atom stereocenters. The molecule has 4 aromatic rings. The van der Waals surface area contributed by atoms with Crippen LogP contribution in [-0.4, -0.2) is 29.8 Å². The molecule has 2 aromatic carbocycles. The van der Waals surface area contributed by atoms with E-state index in [0.717, 1.165) is 6.42 Å². The summed E-state index contributed by atoms with van der Waals surface area (Å²) in [6.45, 7) is 2.55. The van der Waals surface area contributed by atoms with Crippen molar-refractivity contribution in [3.05, 3.63) is 74.0 Å². The molecule has 168 valence electrons. The van der Waals surface area contributed by atoms with Gasteiger partial charge >= 0.3 is 0 Å². The van der Waals surface area contributed by atoms with Gasteiger partial charge in [0.1, 0.15) is 11.1 Å². The predicted octanol–water partition coefficient (Wildman–Crippen LogP) is 4.85. The second-order valence-electron chi connectivity index (χ2n) is 7.37. The van der Waals surface area contributed by atoms with E-state index in [2.05, 4.69) is 10.2 Å². The number of carbonyl (C=O) groups is 1. The van der Waals surface area contributed by atoms with E-state index in [9.17, 15) is 9.59 Å². The van der Waals surface area contributed by atoms with Crippen molar-refractivity contribution in [3.8, 4) is 11.5 Å². The maximum absolute atomic E-state index is 13.6. The Morgan fingerprint density at radius 3 is 2.76 bits per heavy atom. The van der Waals surface area contributed by atoms with Gasteiger partial charge in [-0.1, -0.05) is 35.9 Å². The lowest BCUT2D eigenvalue weighted by Crippen LogP contribution is -2.29. The second kappa shape index (κ2) is 8.49. The molecule has 5 rings (SSSR count). The number of methoxy groups -OCH3 is 1. The molecule has 0 saturated carbocycles. The quantitative estimate of drug-likeness (QED) is 0.387. The fraction of sp³-hybridized carbons (Fsp3) is 0.217. The zero-order valence-corrected chi connectivity index (χ0v) is 19.3. The Labute approximate surface area is 197 Å². The number of ether oxygens (including phenoxy) is 2. The third-order valence-corrected chi connectivity index (χ3v) is 6.28. The maximum Gasteiger partial charge on any atom is 0.297 e. The molecule has 10 heteroatoms. The fourth-order valence-corrected chi connectivity index (χ4v) is 4.67. The number of anilines is 1. The molecule has 0 N–H and O–H groups in total. The lowest BCUT2D eigenvalue weighted by atomic mass is 9.98. The minimum Gasteiger partial charge on any atom is -0.493 e. The number of benzene rings is 2. The molecular formula is C23H18ClN3O5S. The van der Waals surface area contributed by atoms with E-state index >= 15 is 0 Å². The van der Waals surface area contributed by atoms with E-state index in [1.807, 2.05) is 6.92 Å². The highest BCUT2D eigenvalue weighted by atomic mass is 35.5. The van der Waals surface area contributed by atoms with Crippen molar-refractivity contribution in [1.29, 1.82) is 0 Å². The highest BCUT2D eigenvalue weighted by Crippen LogP contribution is 2.43. The number of hydrogen-bond acceptors (Lipinski definition) is 8. The molecule has 0 bridgehead atoms. The Morgan fingerprint density at radius 1 is 1.18 bits per heavy atom. The summed E-state index contributed by atoms with van der Waals surface area (Å²) in [5, 5.41) is 8.99. The summed E-state index contributed by atoms with van der Waals surface area (Å²) in [6.07, 6.45) is 0.844. The topological polar surface area (TPSA) is 94.8 Å². The largest absolute Gasteiger partial charge is 0.493 e. The third kappa shape index (κ3) is 3.53. The SMILES string of the molecule is CCCOc1ccc([C@@H]2c3c(oc4ccc(Cl)cc4c3=O)C(=O)N2c2nncs2)cc1OC. The molecule has 8 nitrogen and oxygen atoms in total. The molecule has 0 aliphatic carbocycles. The molecule has 1 aliphatic rings. The molecule has 0 saturated heterocycles. The first kappa shape index (κ1) is 21.4. The van der Waals surface area contributed by atoms with Crippen LogP contribution in [0.4, 0.5) is 5.13 Å². The molecule has 1 atom stereocenters. The van der Waals surface area contributed by atoms with Crippen LogP contribution in [0, 0.1) is 0 Å². The van der Waals surface area contributed by atoms with Gasteiger partial charge in [-0.15, -0.1) is 10.2 Å². The Balaban J connectivity index is 1.74. The van der Waals surface area contributed by atoms with Crippen molar-refractivity contribution in [2.24, 2.45) is 0 Å². The van der Waals surface area contributed by atoms with Gasteiger partial charge in [0.05, 0.1) is 30.7 Å². The van der Waals surface area contributed by atoms with Crippen molar-refractivity contribution in [1.82, 2.24) is 10.2 Å². The van der Waals surface area contributed by atoms with Gasteiger partial charge < -0.3 is 13.9 Å². The van der Waals surface area contributed by atoms with Crippen LogP contribution in [0.25, 0.3) is 11.0 Å². The minimum atomic E-state index is -0.783. The van der Waals surface area contributed by atoms with Gasteiger partial charge in [0.2, 0.25) is 10.9 Å². The van der Waals surface area contributed by atoms with E-state index in [-0.39, 0.29) is 22.3 Å². The summed E-state index contributed by atoms with van der Waals surface area (Å²) in [5.41, 5.74) is 2.34. The average molecular weight is 484 g/mol.